The Balaban J connectivity index is 1.70. The number of pyridine rings is 3. The standard InChI is InChI=1S/C22H18F3N5/c1-21(2,17-8-3-7-16(27-17)15-6-5-12-26-14-15)18-9-4-10-20(28-18)30-13-11-19(29-30)22(23,24)25/h3-14H,1-2H3. The van der Waals surface area contributed by atoms with Crippen LogP contribution < -0.4 is 0 Å². The average molecular weight is 409 g/mol. The van der Waals surface area contributed by atoms with E-state index in [2.05, 4.69) is 15.1 Å². The molecular formula is C22H18F3N5. The van der Waals surface area contributed by atoms with E-state index in [4.69, 9.17) is 4.98 Å². The Hall–Kier alpha value is -3.55. The Morgan fingerprint density at radius 3 is 2.20 bits per heavy atom. The monoisotopic (exact) mass is 409 g/mol. The fourth-order valence-corrected chi connectivity index (χ4v) is 3.09. The minimum Gasteiger partial charge on any atom is -0.264 e. The van der Waals surface area contributed by atoms with Crippen molar-refractivity contribution in [1.82, 2.24) is 24.7 Å². The van der Waals surface area contributed by atoms with Crippen molar-refractivity contribution in [3.05, 3.63) is 90.3 Å². The summed E-state index contributed by atoms with van der Waals surface area (Å²) in [5, 5.41) is 3.61. The van der Waals surface area contributed by atoms with Gasteiger partial charge in [0.05, 0.1) is 17.1 Å². The first-order valence-electron chi connectivity index (χ1n) is 9.24. The number of rotatable bonds is 4. The van der Waals surface area contributed by atoms with Crippen LogP contribution in [0.2, 0.25) is 0 Å². The van der Waals surface area contributed by atoms with Gasteiger partial charge in [0.2, 0.25) is 0 Å². The van der Waals surface area contributed by atoms with Crippen molar-refractivity contribution in [3.8, 4) is 17.1 Å². The summed E-state index contributed by atoms with van der Waals surface area (Å²) < 4.78 is 39.8. The zero-order valence-corrected chi connectivity index (χ0v) is 16.3. The zero-order chi connectivity index (χ0) is 21.4. The van der Waals surface area contributed by atoms with Crippen LogP contribution in [0.3, 0.4) is 0 Å². The quantitative estimate of drug-likeness (QED) is 0.472. The first-order chi connectivity index (χ1) is 14.2. The van der Waals surface area contributed by atoms with E-state index in [1.807, 2.05) is 50.2 Å². The number of halogens is 3. The van der Waals surface area contributed by atoms with Crippen LogP contribution >= 0.6 is 0 Å². The number of hydrogen-bond donors (Lipinski definition) is 0. The van der Waals surface area contributed by atoms with Gasteiger partial charge >= 0.3 is 6.18 Å². The predicted molar refractivity (Wildman–Crippen MR) is 106 cm³/mol. The fourth-order valence-electron chi connectivity index (χ4n) is 3.09. The molecule has 0 unspecified atom stereocenters. The van der Waals surface area contributed by atoms with E-state index in [1.54, 1.807) is 24.5 Å². The normalized spacial score (nSPS) is 12.2. The summed E-state index contributed by atoms with van der Waals surface area (Å²) in [5.74, 6) is 0.305. The molecular weight excluding hydrogens is 391 g/mol. The molecule has 0 aromatic carbocycles. The molecule has 0 radical (unpaired) electrons. The van der Waals surface area contributed by atoms with Crippen LogP contribution in [0, 0.1) is 0 Å². The van der Waals surface area contributed by atoms with E-state index < -0.39 is 17.3 Å². The van der Waals surface area contributed by atoms with Crippen molar-refractivity contribution in [2.45, 2.75) is 25.4 Å². The van der Waals surface area contributed by atoms with Gasteiger partial charge in [-0.2, -0.15) is 18.3 Å². The van der Waals surface area contributed by atoms with Crippen LogP contribution in [0.4, 0.5) is 13.2 Å². The van der Waals surface area contributed by atoms with Gasteiger partial charge in [0.25, 0.3) is 0 Å². The van der Waals surface area contributed by atoms with E-state index in [0.717, 1.165) is 27.7 Å². The lowest BCUT2D eigenvalue weighted by Crippen LogP contribution is -2.23. The summed E-state index contributed by atoms with van der Waals surface area (Å²) in [6, 6.07) is 15.6. The second kappa shape index (κ2) is 7.37. The Bertz CT molecular complexity index is 1170. The Morgan fingerprint density at radius 1 is 0.800 bits per heavy atom. The fraction of sp³-hybridized carbons (Fsp3) is 0.182. The summed E-state index contributed by atoms with van der Waals surface area (Å²) in [7, 11) is 0. The van der Waals surface area contributed by atoms with Crippen molar-refractivity contribution in [1.29, 1.82) is 0 Å². The molecule has 0 amide bonds. The largest absolute Gasteiger partial charge is 0.435 e. The molecule has 0 aliphatic heterocycles. The second-order valence-electron chi connectivity index (χ2n) is 7.30. The molecule has 0 spiro atoms. The van der Waals surface area contributed by atoms with E-state index >= 15 is 0 Å². The van der Waals surface area contributed by atoms with Gasteiger partial charge < -0.3 is 0 Å². The van der Waals surface area contributed by atoms with Crippen LogP contribution in [0.1, 0.15) is 30.9 Å². The highest BCUT2D eigenvalue weighted by Gasteiger charge is 2.34. The molecule has 0 fully saturated rings. The van der Waals surface area contributed by atoms with Crippen molar-refractivity contribution >= 4 is 0 Å². The summed E-state index contributed by atoms with van der Waals surface area (Å²) in [4.78, 5) is 13.5. The first-order valence-corrected chi connectivity index (χ1v) is 9.24. The molecule has 0 saturated carbocycles. The SMILES string of the molecule is CC(C)(c1cccc(-c2cccnc2)n1)c1cccc(-n2ccc(C(F)(F)F)n2)n1. The van der Waals surface area contributed by atoms with Crippen LogP contribution in [-0.4, -0.2) is 24.7 Å². The van der Waals surface area contributed by atoms with Gasteiger partial charge in [-0.15, -0.1) is 0 Å². The summed E-state index contributed by atoms with van der Waals surface area (Å²) in [6.07, 6.45) is 0.197. The van der Waals surface area contributed by atoms with Crippen LogP contribution in [0.15, 0.2) is 73.2 Å². The van der Waals surface area contributed by atoms with E-state index in [1.165, 1.54) is 6.20 Å². The summed E-state index contributed by atoms with van der Waals surface area (Å²) >= 11 is 0. The highest BCUT2D eigenvalue weighted by molar-refractivity contribution is 5.58. The lowest BCUT2D eigenvalue weighted by Gasteiger charge is -2.24. The van der Waals surface area contributed by atoms with E-state index in [-0.39, 0.29) is 0 Å². The maximum Gasteiger partial charge on any atom is 0.435 e. The zero-order valence-electron chi connectivity index (χ0n) is 16.3. The van der Waals surface area contributed by atoms with Gasteiger partial charge in [-0.1, -0.05) is 12.1 Å². The van der Waals surface area contributed by atoms with Gasteiger partial charge in [0.1, 0.15) is 0 Å². The van der Waals surface area contributed by atoms with Gasteiger partial charge in [-0.3, -0.25) is 9.97 Å². The Labute approximate surface area is 171 Å². The van der Waals surface area contributed by atoms with Gasteiger partial charge in [-0.05, 0) is 56.3 Å². The maximum atomic E-state index is 12.9. The second-order valence-corrected chi connectivity index (χ2v) is 7.30. The van der Waals surface area contributed by atoms with Crippen molar-refractivity contribution in [2.24, 2.45) is 0 Å². The van der Waals surface area contributed by atoms with Crippen LogP contribution in [-0.2, 0) is 11.6 Å². The van der Waals surface area contributed by atoms with Gasteiger partial charge in [0, 0.05) is 29.6 Å². The maximum absolute atomic E-state index is 12.9. The van der Waals surface area contributed by atoms with Gasteiger partial charge in [0.15, 0.2) is 11.5 Å². The molecule has 0 saturated heterocycles. The molecule has 4 heterocycles. The van der Waals surface area contributed by atoms with Crippen molar-refractivity contribution in [2.75, 3.05) is 0 Å². The Kier molecular flexibility index (Phi) is 4.85. The minimum absolute atomic E-state index is 0.305. The molecule has 0 aliphatic carbocycles. The summed E-state index contributed by atoms with van der Waals surface area (Å²) in [5.41, 5.74) is 1.58. The molecule has 0 N–H and O–H groups in total. The average Bonchev–Trinajstić information content (AvgIpc) is 3.26. The summed E-state index contributed by atoms with van der Waals surface area (Å²) in [6.45, 7) is 3.94. The molecule has 30 heavy (non-hydrogen) atoms. The molecule has 4 aromatic rings. The van der Waals surface area contributed by atoms with Crippen molar-refractivity contribution in [3.63, 3.8) is 0 Å². The minimum atomic E-state index is -4.50. The molecule has 4 aromatic heterocycles. The third-order valence-electron chi connectivity index (χ3n) is 4.84. The molecule has 0 aliphatic rings. The van der Waals surface area contributed by atoms with Gasteiger partial charge in [-0.25, -0.2) is 9.67 Å². The van der Waals surface area contributed by atoms with Crippen LogP contribution in [0.5, 0.6) is 0 Å². The number of hydrogen-bond acceptors (Lipinski definition) is 4. The predicted octanol–water partition coefficient (Wildman–Crippen LogP) is 5.07. The lowest BCUT2D eigenvalue weighted by atomic mass is 9.84. The number of aromatic nitrogens is 5. The van der Waals surface area contributed by atoms with E-state index in [0.29, 0.717) is 11.5 Å². The Morgan fingerprint density at radius 2 is 1.53 bits per heavy atom. The van der Waals surface area contributed by atoms with Crippen molar-refractivity contribution < 1.29 is 13.2 Å². The molecule has 5 nitrogen and oxygen atoms in total. The topological polar surface area (TPSA) is 56.5 Å². The molecule has 8 heteroatoms. The van der Waals surface area contributed by atoms with E-state index in [9.17, 15) is 13.2 Å². The lowest BCUT2D eigenvalue weighted by molar-refractivity contribution is -0.141. The first kappa shape index (κ1) is 19.8. The third kappa shape index (κ3) is 3.80. The smallest absolute Gasteiger partial charge is 0.264 e. The number of alkyl halides is 3. The molecule has 0 bridgehead atoms. The molecule has 0 atom stereocenters. The van der Waals surface area contributed by atoms with Crippen LogP contribution in [0.25, 0.3) is 17.1 Å². The number of nitrogens with zero attached hydrogens (tertiary/aromatic N) is 5. The molecule has 152 valence electrons. The highest BCUT2D eigenvalue weighted by Crippen LogP contribution is 2.31. The highest BCUT2D eigenvalue weighted by atomic mass is 19.4. The third-order valence-corrected chi connectivity index (χ3v) is 4.84. The molecule has 4 rings (SSSR count).